The van der Waals surface area contributed by atoms with Gasteiger partial charge in [0.15, 0.2) is 0 Å². The van der Waals surface area contributed by atoms with Crippen LogP contribution in [0.1, 0.15) is 26.3 Å². The molecule has 1 aromatic heterocycles. The monoisotopic (exact) mass is 481 g/mol. The van der Waals surface area contributed by atoms with E-state index in [2.05, 4.69) is 48.0 Å². The first-order valence-corrected chi connectivity index (χ1v) is 12.0. The van der Waals surface area contributed by atoms with E-state index in [-0.39, 0.29) is 22.8 Å². The summed E-state index contributed by atoms with van der Waals surface area (Å²) in [5.41, 5.74) is 3.13. The number of non-ortho nitro benzene ring substituents is 1. The number of thioether (sulfide) groups is 1. The molecule has 0 unspecified atom stereocenters. The number of aromatic nitrogens is 2. The summed E-state index contributed by atoms with van der Waals surface area (Å²) in [5.74, 6) is 0.678. The van der Waals surface area contributed by atoms with E-state index in [0.29, 0.717) is 37.3 Å². The molecule has 0 N–H and O–H groups in total. The van der Waals surface area contributed by atoms with Crippen LogP contribution in [0.2, 0.25) is 0 Å². The third-order valence-electron chi connectivity index (χ3n) is 5.78. The lowest BCUT2D eigenvalue weighted by Crippen LogP contribution is -2.49. The summed E-state index contributed by atoms with van der Waals surface area (Å²) in [6.45, 7) is 9.01. The highest BCUT2D eigenvalue weighted by Crippen LogP contribution is 2.27. The van der Waals surface area contributed by atoms with Gasteiger partial charge in [0.2, 0.25) is 11.8 Å². The molecule has 1 amide bonds. The summed E-state index contributed by atoms with van der Waals surface area (Å²) in [7, 11) is 0. The molecule has 9 nitrogen and oxygen atoms in total. The van der Waals surface area contributed by atoms with E-state index in [4.69, 9.17) is 4.42 Å². The lowest BCUT2D eigenvalue weighted by atomic mass is 9.87. The van der Waals surface area contributed by atoms with Gasteiger partial charge < -0.3 is 14.2 Å². The van der Waals surface area contributed by atoms with E-state index < -0.39 is 4.92 Å². The maximum Gasteiger partial charge on any atom is 0.277 e. The second-order valence-electron chi connectivity index (χ2n) is 9.13. The average molecular weight is 482 g/mol. The Morgan fingerprint density at radius 2 is 1.68 bits per heavy atom. The number of rotatable bonds is 6. The van der Waals surface area contributed by atoms with Gasteiger partial charge in [0.05, 0.1) is 10.7 Å². The number of hydrogen-bond acceptors (Lipinski definition) is 8. The van der Waals surface area contributed by atoms with Crippen molar-refractivity contribution in [1.29, 1.82) is 0 Å². The molecule has 0 saturated carbocycles. The highest BCUT2D eigenvalue weighted by molar-refractivity contribution is 7.99. The van der Waals surface area contributed by atoms with Gasteiger partial charge in [-0.1, -0.05) is 44.7 Å². The Morgan fingerprint density at radius 3 is 2.26 bits per heavy atom. The molecule has 1 aliphatic heterocycles. The molecule has 0 radical (unpaired) electrons. The molecule has 0 bridgehead atoms. The lowest BCUT2D eigenvalue weighted by Gasteiger charge is -2.36. The van der Waals surface area contributed by atoms with E-state index >= 15 is 0 Å². The fourth-order valence-electron chi connectivity index (χ4n) is 3.71. The van der Waals surface area contributed by atoms with Gasteiger partial charge in [-0.3, -0.25) is 14.9 Å². The zero-order valence-corrected chi connectivity index (χ0v) is 20.2. The Morgan fingerprint density at radius 1 is 1.03 bits per heavy atom. The Kier molecular flexibility index (Phi) is 6.87. The van der Waals surface area contributed by atoms with Crippen LogP contribution in [-0.2, 0) is 10.2 Å². The van der Waals surface area contributed by atoms with Crippen molar-refractivity contribution in [3.05, 3.63) is 64.2 Å². The van der Waals surface area contributed by atoms with Crippen molar-refractivity contribution in [2.24, 2.45) is 0 Å². The van der Waals surface area contributed by atoms with Crippen LogP contribution in [0.15, 0.2) is 58.2 Å². The van der Waals surface area contributed by atoms with Gasteiger partial charge in [-0.05, 0) is 35.2 Å². The number of carbonyl (C=O) groups is 1. The molecule has 1 saturated heterocycles. The van der Waals surface area contributed by atoms with Crippen LogP contribution in [0.3, 0.4) is 0 Å². The molecular formula is C24H27N5O4S. The van der Waals surface area contributed by atoms with Gasteiger partial charge in [-0.15, -0.1) is 10.2 Å². The van der Waals surface area contributed by atoms with Gasteiger partial charge in [-0.2, -0.15) is 0 Å². The minimum atomic E-state index is -0.410. The number of carbonyl (C=O) groups excluding carboxylic acids is 1. The van der Waals surface area contributed by atoms with Crippen LogP contribution in [0.5, 0.6) is 0 Å². The third-order valence-corrected chi connectivity index (χ3v) is 6.58. The van der Waals surface area contributed by atoms with Crippen molar-refractivity contribution in [2.45, 2.75) is 31.4 Å². The number of anilines is 1. The first-order chi connectivity index (χ1) is 16.2. The minimum absolute atomic E-state index is 0.0163. The minimum Gasteiger partial charge on any atom is -0.411 e. The van der Waals surface area contributed by atoms with Gasteiger partial charge in [0.1, 0.15) is 0 Å². The Balaban J connectivity index is 1.27. The molecule has 0 aliphatic carbocycles. The zero-order valence-electron chi connectivity index (χ0n) is 19.4. The van der Waals surface area contributed by atoms with Gasteiger partial charge in [-0.25, -0.2) is 0 Å². The number of benzene rings is 2. The maximum absolute atomic E-state index is 12.7. The molecule has 2 aromatic carbocycles. The third kappa shape index (κ3) is 5.56. The van der Waals surface area contributed by atoms with E-state index in [9.17, 15) is 14.9 Å². The fraction of sp³-hybridized carbons (Fsp3) is 0.375. The zero-order chi connectivity index (χ0) is 24.3. The summed E-state index contributed by atoms with van der Waals surface area (Å²) < 4.78 is 5.75. The molecular weight excluding hydrogens is 454 g/mol. The smallest absolute Gasteiger partial charge is 0.277 e. The highest BCUT2D eigenvalue weighted by atomic mass is 32.2. The largest absolute Gasteiger partial charge is 0.411 e. The summed E-state index contributed by atoms with van der Waals surface area (Å²) in [5, 5.41) is 19.4. The van der Waals surface area contributed by atoms with Gasteiger partial charge >= 0.3 is 0 Å². The fourth-order valence-corrected chi connectivity index (χ4v) is 4.38. The maximum atomic E-state index is 12.7. The first kappa shape index (κ1) is 23.7. The number of nitrogens with zero attached hydrogens (tertiary/aromatic N) is 5. The quantitative estimate of drug-likeness (QED) is 0.290. The normalized spacial score (nSPS) is 14.3. The van der Waals surface area contributed by atoms with E-state index in [1.807, 2.05) is 17.0 Å². The first-order valence-electron chi connectivity index (χ1n) is 11.0. The number of amides is 1. The lowest BCUT2D eigenvalue weighted by molar-refractivity contribution is -0.384. The van der Waals surface area contributed by atoms with Crippen molar-refractivity contribution in [3.8, 4) is 11.5 Å². The molecule has 1 aliphatic rings. The Labute approximate surface area is 202 Å². The summed E-state index contributed by atoms with van der Waals surface area (Å²) in [6, 6.07) is 14.6. The van der Waals surface area contributed by atoms with Crippen LogP contribution in [0.4, 0.5) is 11.4 Å². The molecule has 34 heavy (non-hydrogen) atoms. The predicted molar refractivity (Wildman–Crippen MR) is 131 cm³/mol. The van der Waals surface area contributed by atoms with Crippen molar-refractivity contribution < 1.29 is 14.1 Å². The standard InChI is InChI=1S/C24H27N5O4S/c1-24(2,3)18-6-4-17(5-7-18)22-25-26-23(33-22)34-16-21(30)28-14-12-27(13-15-28)19-8-10-20(11-9-19)29(31)32/h4-11H,12-16H2,1-3H3. The summed E-state index contributed by atoms with van der Waals surface area (Å²) >= 11 is 1.24. The molecule has 0 atom stereocenters. The van der Waals surface area contributed by atoms with Crippen LogP contribution in [0, 0.1) is 10.1 Å². The van der Waals surface area contributed by atoms with Crippen LogP contribution in [0.25, 0.3) is 11.5 Å². The summed E-state index contributed by atoms with van der Waals surface area (Å²) in [6.07, 6.45) is 0. The van der Waals surface area contributed by atoms with Crippen molar-refractivity contribution in [1.82, 2.24) is 15.1 Å². The molecule has 1 fully saturated rings. The number of nitro groups is 1. The van der Waals surface area contributed by atoms with Crippen LogP contribution < -0.4 is 4.90 Å². The predicted octanol–water partition coefficient (Wildman–Crippen LogP) is 4.38. The second-order valence-corrected chi connectivity index (χ2v) is 10.1. The van der Waals surface area contributed by atoms with Crippen molar-refractivity contribution >= 4 is 29.0 Å². The molecule has 0 spiro atoms. The van der Waals surface area contributed by atoms with E-state index in [0.717, 1.165) is 11.3 Å². The van der Waals surface area contributed by atoms with Gasteiger partial charge in [0.25, 0.3) is 10.9 Å². The molecule has 178 valence electrons. The Hall–Kier alpha value is -3.40. The molecule has 4 rings (SSSR count). The van der Waals surface area contributed by atoms with Crippen molar-refractivity contribution in [2.75, 3.05) is 36.8 Å². The number of nitro benzene ring substituents is 1. The van der Waals surface area contributed by atoms with Crippen molar-refractivity contribution in [3.63, 3.8) is 0 Å². The second kappa shape index (κ2) is 9.84. The molecule has 10 heteroatoms. The molecule has 3 aromatic rings. The average Bonchev–Trinajstić information content (AvgIpc) is 3.31. The van der Waals surface area contributed by atoms with Crippen LogP contribution in [-0.4, -0.2) is 57.9 Å². The van der Waals surface area contributed by atoms with Crippen LogP contribution >= 0.6 is 11.8 Å². The number of piperazine rings is 1. The number of hydrogen-bond donors (Lipinski definition) is 0. The van der Waals surface area contributed by atoms with E-state index in [1.165, 1.54) is 29.5 Å². The Bertz CT molecular complexity index is 1150. The highest BCUT2D eigenvalue weighted by Gasteiger charge is 2.23. The topological polar surface area (TPSA) is 106 Å². The molecule has 2 heterocycles. The SMILES string of the molecule is CC(C)(C)c1ccc(-c2nnc(SCC(=O)N3CCN(c4ccc([N+](=O)[O-])cc4)CC3)o2)cc1. The summed E-state index contributed by atoms with van der Waals surface area (Å²) in [4.78, 5) is 27.0. The van der Waals surface area contributed by atoms with E-state index in [1.54, 1.807) is 12.1 Å². The van der Waals surface area contributed by atoms with Gasteiger partial charge in [0, 0.05) is 49.6 Å².